The molecule has 16 heavy (non-hydrogen) atoms. The Hall–Kier alpha value is -1.81. The molecule has 0 saturated carbocycles. The van der Waals surface area contributed by atoms with Gasteiger partial charge in [-0.25, -0.2) is 0 Å². The molecule has 4 heteroatoms. The highest BCUT2D eigenvalue weighted by atomic mass is 16.3. The van der Waals surface area contributed by atoms with E-state index in [1.807, 2.05) is 30.3 Å². The Morgan fingerprint density at radius 3 is 2.69 bits per heavy atom. The molecule has 0 spiro atoms. The highest BCUT2D eigenvalue weighted by Gasteiger charge is 2.32. The highest BCUT2D eigenvalue weighted by molar-refractivity contribution is 5.98. The number of amides is 1. The lowest BCUT2D eigenvalue weighted by atomic mass is 9.93. The number of aliphatic hydroxyl groups is 2. The molecule has 1 aromatic rings. The van der Waals surface area contributed by atoms with Crippen LogP contribution in [0.2, 0.25) is 0 Å². The maximum absolute atomic E-state index is 11.5. The molecule has 1 saturated heterocycles. The van der Waals surface area contributed by atoms with Crippen LogP contribution in [0.5, 0.6) is 0 Å². The van der Waals surface area contributed by atoms with Gasteiger partial charge in [-0.2, -0.15) is 0 Å². The first-order chi connectivity index (χ1) is 7.74. The van der Waals surface area contributed by atoms with Crippen LogP contribution in [0.25, 0.3) is 0 Å². The van der Waals surface area contributed by atoms with E-state index in [0.717, 1.165) is 5.56 Å². The molecule has 1 unspecified atom stereocenters. The Bertz CT molecular complexity index is 425. The Morgan fingerprint density at radius 1 is 1.38 bits per heavy atom. The summed E-state index contributed by atoms with van der Waals surface area (Å²) in [6.45, 7) is -0.0473. The van der Waals surface area contributed by atoms with Gasteiger partial charge in [0, 0.05) is 12.5 Å². The average molecular weight is 219 g/mol. The average Bonchev–Trinajstić information content (AvgIpc) is 2.71. The van der Waals surface area contributed by atoms with Crippen LogP contribution in [0.1, 0.15) is 11.5 Å². The Balaban J connectivity index is 2.40. The number of nitrogens with one attached hydrogen (secondary N) is 1. The molecular weight excluding hydrogens is 206 g/mol. The van der Waals surface area contributed by atoms with E-state index in [4.69, 9.17) is 5.11 Å². The third kappa shape index (κ3) is 1.79. The van der Waals surface area contributed by atoms with E-state index in [-0.39, 0.29) is 23.2 Å². The van der Waals surface area contributed by atoms with E-state index >= 15 is 0 Å². The Kier molecular flexibility index (Phi) is 2.92. The summed E-state index contributed by atoms with van der Waals surface area (Å²) in [5.41, 5.74) is 1.23. The summed E-state index contributed by atoms with van der Waals surface area (Å²) in [5, 5.41) is 21.1. The van der Waals surface area contributed by atoms with Gasteiger partial charge in [-0.1, -0.05) is 30.3 Å². The van der Waals surface area contributed by atoms with E-state index in [1.165, 1.54) is 0 Å². The molecule has 1 heterocycles. The van der Waals surface area contributed by atoms with Crippen molar-refractivity contribution in [3.05, 3.63) is 47.2 Å². The van der Waals surface area contributed by atoms with Crippen molar-refractivity contribution in [2.24, 2.45) is 0 Å². The monoisotopic (exact) mass is 219 g/mol. The van der Waals surface area contributed by atoms with E-state index in [1.54, 1.807) is 0 Å². The van der Waals surface area contributed by atoms with Crippen LogP contribution in [0.3, 0.4) is 0 Å². The lowest BCUT2D eigenvalue weighted by Crippen LogP contribution is -2.15. The van der Waals surface area contributed by atoms with Crippen LogP contribution < -0.4 is 5.32 Å². The zero-order chi connectivity index (χ0) is 11.5. The lowest BCUT2D eigenvalue weighted by Gasteiger charge is -2.10. The van der Waals surface area contributed by atoms with Gasteiger partial charge in [-0.3, -0.25) is 4.79 Å². The van der Waals surface area contributed by atoms with Gasteiger partial charge in [0.25, 0.3) is 5.91 Å². The summed E-state index contributed by atoms with van der Waals surface area (Å²) in [7, 11) is 0. The third-order valence-corrected chi connectivity index (χ3v) is 2.72. The minimum atomic E-state index is -0.508. The normalized spacial score (nSPS) is 23.1. The number of hydrogen-bond donors (Lipinski definition) is 3. The largest absolute Gasteiger partial charge is 0.509 e. The smallest absolute Gasteiger partial charge is 0.251 e. The predicted octanol–water partition coefficient (Wildman–Crippen LogP) is 0.704. The lowest BCUT2D eigenvalue weighted by molar-refractivity contribution is -0.116. The van der Waals surface area contributed by atoms with Crippen molar-refractivity contribution in [1.29, 1.82) is 0 Å². The molecule has 0 aromatic heterocycles. The topological polar surface area (TPSA) is 69.6 Å². The van der Waals surface area contributed by atoms with Crippen LogP contribution in [0.4, 0.5) is 0 Å². The molecule has 3 N–H and O–H groups in total. The maximum atomic E-state index is 11.5. The van der Waals surface area contributed by atoms with Crippen LogP contribution in [0.15, 0.2) is 41.7 Å². The van der Waals surface area contributed by atoms with Crippen LogP contribution in [-0.4, -0.2) is 29.3 Å². The molecule has 1 aromatic carbocycles. The fourth-order valence-corrected chi connectivity index (χ4v) is 1.94. The number of carbonyl (C=O) groups excluding carboxylic acids is 1. The molecule has 1 atom stereocenters. The van der Waals surface area contributed by atoms with E-state index in [9.17, 15) is 9.90 Å². The molecule has 0 bridgehead atoms. The molecule has 1 aliphatic rings. The van der Waals surface area contributed by atoms with Gasteiger partial charge >= 0.3 is 0 Å². The minimum Gasteiger partial charge on any atom is -0.509 e. The van der Waals surface area contributed by atoms with Gasteiger partial charge in [-0.15, -0.1) is 0 Å². The highest BCUT2D eigenvalue weighted by Crippen LogP contribution is 2.29. The van der Waals surface area contributed by atoms with Crippen molar-refractivity contribution in [2.75, 3.05) is 13.2 Å². The van der Waals surface area contributed by atoms with Crippen molar-refractivity contribution in [3.8, 4) is 0 Å². The molecule has 1 amide bonds. The number of carbonyl (C=O) groups is 1. The molecule has 2 rings (SSSR count). The zero-order valence-corrected chi connectivity index (χ0v) is 8.68. The van der Waals surface area contributed by atoms with Crippen molar-refractivity contribution >= 4 is 5.91 Å². The third-order valence-electron chi connectivity index (χ3n) is 2.72. The van der Waals surface area contributed by atoms with Gasteiger partial charge in [0.1, 0.15) is 12.4 Å². The maximum Gasteiger partial charge on any atom is 0.251 e. The van der Waals surface area contributed by atoms with Gasteiger partial charge < -0.3 is 15.5 Å². The predicted molar refractivity (Wildman–Crippen MR) is 58.9 cm³/mol. The Labute approximate surface area is 93.2 Å². The molecule has 0 aliphatic carbocycles. The SMILES string of the molecule is O=C1NCC(c2ccccc2)/C1=C(\O)CO. The summed E-state index contributed by atoms with van der Waals surface area (Å²) in [4.78, 5) is 11.5. The second kappa shape index (κ2) is 4.37. The first-order valence-electron chi connectivity index (χ1n) is 5.10. The van der Waals surface area contributed by atoms with Gasteiger partial charge in [0.2, 0.25) is 0 Å². The van der Waals surface area contributed by atoms with E-state index < -0.39 is 6.61 Å². The number of hydrogen-bond acceptors (Lipinski definition) is 3. The number of benzene rings is 1. The quantitative estimate of drug-likeness (QED) is 0.506. The zero-order valence-electron chi connectivity index (χ0n) is 8.68. The summed E-state index contributed by atoms with van der Waals surface area (Å²) >= 11 is 0. The fraction of sp³-hybridized carbons (Fsp3) is 0.250. The molecule has 4 nitrogen and oxygen atoms in total. The minimum absolute atomic E-state index is 0.180. The second-order valence-electron chi connectivity index (χ2n) is 3.69. The number of aliphatic hydroxyl groups excluding tert-OH is 2. The van der Waals surface area contributed by atoms with Crippen LogP contribution in [-0.2, 0) is 4.79 Å². The first kappa shape index (κ1) is 10.7. The fourth-order valence-electron chi connectivity index (χ4n) is 1.94. The van der Waals surface area contributed by atoms with Crippen molar-refractivity contribution in [1.82, 2.24) is 5.32 Å². The van der Waals surface area contributed by atoms with Gasteiger partial charge in [0.05, 0.1) is 5.57 Å². The van der Waals surface area contributed by atoms with E-state index in [0.29, 0.717) is 6.54 Å². The second-order valence-corrected chi connectivity index (χ2v) is 3.69. The van der Waals surface area contributed by atoms with Crippen molar-refractivity contribution in [3.63, 3.8) is 0 Å². The summed E-state index contributed by atoms with van der Waals surface area (Å²) < 4.78 is 0. The van der Waals surface area contributed by atoms with Crippen molar-refractivity contribution < 1.29 is 15.0 Å². The van der Waals surface area contributed by atoms with Crippen molar-refractivity contribution in [2.45, 2.75) is 5.92 Å². The first-order valence-corrected chi connectivity index (χ1v) is 5.10. The Morgan fingerprint density at radius 2 is 2.06 bits per heavy atom. The van der Waals surface area contributed by atoms with Gasteiger partial charge in [-0.05, 0) is 5.56 Å². The number of rotatable bonds is 2. The van der Waals surface area contributed by atoms with Crippen LogP contribution >= 0.6 is 0 Å². The van der Waals surface area contributed by atoms with Crippen LogP contribution in [0, 0.1) is 0 Å². The summed E-state index contributed by atoms with van der Waals surface area (Å²) in [6, 6.07) is 9.45. The summed E-state index contributed by atoms with van der Waals surface area (Å²) in [5.74, 6) is -0.731. The molecule has 0 radical (unpaired) electrons. The standard InChI is InChI=1S/C12H13NO3/c14-7-10(15)11-9(6-13-12(11)16)8-4-2-1-3-5-8/h1-5,9,14-15H,6-7H2,(H,13,16)/b11-10+. The molecular formula is C12H13NO3. The van der Waals surface area contributed by atoms with Gasteiger partial charge in [0.15, 0.2) is 0 Å². The summed E-state index contributed by atoms with van der Waals surface area (Å²) in [6.07, 6.45) is 0. The molecule has 84 valence electrons. The molecule has 1 aliphatic heterocycles. The molecule has 1 fully saturated rings. The van der Waals surface area contributed by atoms with E-state index in [2.05, 4.69) is 5.32 Å².